The van der Waals surface area contributed by atoms with E-state index < -0.39 is 6.09 Å². The summed E-state index contributed by atoms with van der Waals surface area (Å²) in [7, 11) is 3.36. The van der Waals surface area contributed by atoms with Crippen molar-refractivity contribution in [3.63, 3.8) is 0 Å². The number of carbonyl (C=O) groups excluding carboxylic acids is 1. The van der Waals surface area contributed by atoms with Gasteiger partial charge in [0, 0.05) is 27.2 Å². The highest BCUT2D eigenvalue weighted by molar-refractivity contribution is 5.74. The van der Waals surface area contributed by atoms with Crippen LogP contribution in [0.25, 0.3) is 0 Å². The SMILES string of the molecule is CN(C)C(=O)N1CCC(NC(=O)O)C1. The minimum atomic E-state index is -1.03. The van der Waals surface area contributed by atoms with Crippen LogP contribution in [0.1, 0.15) is 6.42 Å². The quantitative estimate of drug-likeness (QED) is 0.627. The molecule has 0 saturated carbocycles. The van der Waals surface area contributed by atoms with Gasteiger partial charge in [0.05, 0.1) is 6.04 Å². The summed E-state index contributed by atoms with van der Waals surface area (Å²) in [4.78, 5) is 24.9. The molecule has 0 aromatic carbocycles. The van der Waals surface area contributed by atoms with Crippen LogP contribution in [0.2, 0.25) is 0 Å². The number of carboxylic acid groups (broad SMARTS) is 1. The van der Waals surface area contributed by atoms with Gasteiger partial charge >= 0.3 is 12.1 Å². The van der Waals surface area contributed by atoms with Gasteiger partial charge in [-0.2, -0.15) is 0 Å². The molecule has 1 aliphatic rings. The van der Waals surface area contributed by atoms with Crippen molar-refractivity contribution in [3.05, 3.63) is 0 Å². The van der Waals surface area contributed by atoms with Gasteiger partial charge < -0.3 is 20.2 Å². The molecule has 0 bridgehead atoms. The van der Waals surface area contributed by atoms with E-state index in [-0.39, 0.29) is 12.1 Å². The molecule has 0 aromatic heterocycles. The Morgan fingerprint density at radius 2 is 2.14 bits per heavy atom. The Labute approximate surface area is 82.5 Å². The van der Waals surface area contributed by atoms with E-state index in [1.807, 2.05) is 0 Å². The van der Waals surface area contributed by atoms with Crippen LogP contribution in [0.3, 0.4) is 0 Å². The van der Waals surface area contributed by atoms with Gasteiger partial charge in [0.25, 0.3) is 0 Å². The van der Waals surface area contributed by atoms with Crippen LogP contribution in [-0.4, -0.2) is 60.3 Å². The first kappa shape index (κ1) is 10.6. The number of nitrogens with zero attached hydrogens (tertiary/aromatic N) is 2. The molecule has 1 saturated heterocycles. The molecule has 1 unspecified atom stereocenters. The van der Waals surface area contributed by atoms with Crippen molar-refractivity contribution in [2.45, 2.75) is 12.5 Å². The number of carbonyl (C=O) groups is 2. The predicted octanol–water partition coefficient (Wildman–Crippen LogP) is 0.00990. The van der Waals surface area contributed by atoms with Crippen LogP contribution in [-0.2, 0) is 0 Å². The van der Waals surface area contributed by atoms with Gasteiger partial charge in [0.2, 0.25) is 0 Å². The van der Waals surface area contributed by atoms with Crippen LogP contribution < -0.4 is 5.32 Å². The molecule has 1 aliphatic heterocycles. The molecule has 6 nitrogen and oxygen atoms in total. The summed E-state index contributed by atoms with van der Waals surface area (Å²) in [6.45, 7) is 1.07. The summed E-state index contributed by atoms with van der Waals surface area (Å²) in [5, 5.41) is 10.9. The van der Waals surface area contributed by atoms with Gasteiger partial charge in [0.15, 0.2) is 0 Å². The van der Waals surface area contributed by atoms with Gasteiger partial charge in [-0.1, -0.05) is 0 Å². The average molecular weight is 201 g/mol. The summed E-state index contributed by atoms with van der Waals surface area (Å²) in [5.41, 5.74) is 0. The molecule has 3 amide bonds. The first-order valence-corrected chi connectivity index (χ1v) is 4.46. The molecule has 80 valence electrons. The first-order chi connectivity index (χ1) is 6.50. The van der Waals surface area contributed by atoms with Crippen molar-refractivity contribution in [1.82, 2.24) is 15.1 Å². The largest absolute Gasteiger partial charge is 0.465 e. The minimum Gasteiger partial charge on any atom is -0.465 e. The second-order valence-corrected chi connectivity index (χ2v) is 3.56. The Hall–Kier alpha value is -1.46. The van der Waals surface area contributed by atoms with Crippen molar-refractivity contribution in [2.24, 2.45) is 0 Å². The van der Waals surface area contributed by atoms with Crippen LogP contribution in [0, 0.1) is 0 Å². The van der Waals surface area contributed by atoms with Gasteiger partial charge in [-0.3, -0.25) is 0 Å². The third-order valence-electron chi connectivity index (χ3n) is 2.17. The van der Waals surface area contributed by atoms with Crippen molar-refractivity contribution >= 4 is 12.1 Å². The van der Waals surface area contributed by atoms with Gasteiger partial charge in [-0.05, 0) is 6.42 Å². The van der Waals surface area contributed by atoms with E-state index in [9.17, 15) is 9.59 Å². The maximum absolute atomic E-state index is 11.5. The summed E-state index contributed by atoms with van der Waals surface area (Å²) >= 11 is 0. The number of likely N-dealkylation sites (tertiary alicyclic amines) is 1. The van der Waals surface area contributed by atoms with Crippen LogP contribution in [0.15, 0.2) is 0 Å². The fourth-order valence-electron chi connectivity index (χ4n) is 1.51. The van der Waals surface area contributed by atoms with Crippen LogP contribution in [0.5, 0.6) is 0 Å². The maximum atomic E-state index is 11.5. The first-order valence-electron chi connectivity index (χ1n) is 4.46. The summed E-state index contributed by atoms with van der Waals surface area (Å²) in [6.07, 6.45) is -0.347. The standard InChI is InChI=1S/C8H15N3O3/c1-10(2)8(14)11-4-3-6(5-11)9-7(12)13/h6,9H,3-5H2,1-2H3,(H,12,13). The number of nitrogens with one attached hydrogen (secondary N) is 1. The number of hydrogen-bond donors (Lipinski definition) is 2. The molecule has 2 N–H and O–H groups in total. The maximum Gasteiger partial charge on any atom is 0.404 e. The Morgan fingerprint density at radius 1 is 1.50 bits per heavy atom. The van der Waals surface area contributed by atoms with Crippen molar-refractivity contribution in [1.29, 1.82) is 0 Å². The lowest BCUT2D eigenvalue weighted by Gasteiger charge is -2.21. The van der Waals surface area contributed by atoms with Crippen LogP contribution >= 0.6 is 0 Å². The Morgan fingerprint density at radius 3 is 2.64 bits per heavy atom. The lowest BCUT2D eigenvalue weighted by atomic mass is 10.3. The van der Waals surface area contributed by atoms with Crippen molar-refractivity contribution in [2.75, 3.05) is 27.2 Å². The third-order valence-corrected chi connectivity index (χ3v) is 2.17. The molecular weight excluding hydrogens is 186 g/mol. The Bertz CT molecular complexity index is 242. The van der Waals surface area contributed by atoms with Gasteiger partial charge in [-0.15, -0.1) is 0 Å². The molecule has 1 rings (SSSR count). The van der Waals surface area contributed by atoms with E-state index in [1.165, 1.54) is 4.90 Å². The lowest BCUT2D eigenvalue weighted by Crippen LogP contribution is -2.41. The van der Waals surface area contributed by atoms with E-state index >= 15 is 0 Å². The van der Waals surface area contributed by atoms with E-state index in [0.29, 0.717) is 19.5 Å². The van der Waals surface area contributed by atoms with E-state index in [1.54, 1.807) is 19.0 Å². The molecule has 0 radical (unpaired) electrons. The van der Waals surface area contributed by atoms with Crippen LogP contribution in [0.4, 0.5) is 9.59 Å². The van der Waals surface area contributed by atoms with E-state index in [4.69, 9.17) is 5.11 Å². The number of rotatable bonds is 1. The third kappa shape index (κ3) is 2.51. The smallest absolute Gasteiger partial charge is 0.404 e. The summed E-state index contributed by atoms with van der Waals surface area (Å²) < 4.78 is 0. The molecule has 1 heterocycles. The Balaban J connectivity index is 2.41. The molecule has 6 heteroatoms. The zero-order chi connectivity index (χ0) is 10.7. The molecule has 0 spiro atoms. The molecule has 1 atom stereocenters. The molecule has 0 aromatic rings. The number of urea groups is 1. The molecule has 0 aliphatic carbocycles. The molecule has 1 fully saturated rings. The predicted molar refractivity (Wildman–Crippen MR) is 50.2 cm³/mol. The fourth-order valence-corrected chi connectivity index (χ4v) is 1.51. The number of hydrogen-bond acceptors (Lipinski definition) is 2. The van der Waals surface area contributed by atoms with E-state index in [2.05, 4.69) is 5.32 Å². The molecular formula is C8H15N3O3. The second-order valence-electron chi connectivity index (χ2n) is 3.56. The second kappa shape index (κ2) is 4.17. The highest BCUT2D eigenvalue weighted by Gasteiger charge is 2.27. The normalized spacial score (nSPS) is 20.7. The summed E-state index contributed by atoms with van der Waals surface area (Å²) in [6, 6.07) is -0.198. The summed E-state index contributed by atoms with van der Waals surface area (Å²) in [5.74, 6) is 0. The van der Waals surface area contributed by atoms with Crippen molar-refractivity contribution in [3.8, 4) is 0 Å². The molecule has 14 heavy (non-hydrogen) atoms. The average Bonchev–Trinajstić information content (AvgIpc) is 2.50. The number of amides is 3. The fraction of sp³-hybridized carbons (Fsp3) is 0.750. The minimum absolute atomic E-state index is 0.0697. The van der Waals surface area contributed by atoms with Gasteiger partial charge in [-0.25, -0.2) is 9.59 Å². The Kier molecular flexibility index (Phi) is 3.16. The highest BCUT2D eigenvalue weighted by Crippen LogP contribution is 2.10. The monoisotopic (exact) mass is 201 g/mol. The lowest BCUT2D eigenvalue weighted by molar-refractivity contribution is 0.177. The van der Waals surface area contributed by atoms with E-state index in [0.717, 1.165) is 0 Å². The highest BCUT2D eigenvalue weighted by atomic mass is 16.4. The van der Waals surface area contributed by atoms with Gasteiger partial charge in [0.1, 0.15) is 0 Å². The topological polar surface area (TPSA) is 72.9 Å². The van der Waals surface area contributed by atoms with Crippen molar-refractivity contribution < 1.29 is 14.7 Å². The zero-order valence-corrected chi connectivity index (χ0v) is 8.36. The zero-order valence-electron chi connectivity index (χ0n) is 8.36.